The molecule has 6 nitrogen and oxygen atoms in total. The molecule has 0 spiro atoms. The number of anilines is 1. The summed E-state index contributed by atoms with van der Waals surface area (Å²) in [5.41, 5.74) is 1.83. The van der Waals surface area contributed by atoms with E-state index in [-0.39, 0.29) is 17.3 Å². The number of carbonyl (C=O) groups excluding carboxylic acids is 1. The Morgan fingerprint density at radius 1 is 1.18 bits per heavy atom. The Morgan fingerprint density at radius 3 is 2.68 bits per heavy atom. The van der Waals surface area contributed by atoms with E-state index in [0.29, 0.717) is 16.4 Å². The summed E-state index contributed by atoms with van der Waals surface area (Å²) in [5.74, 6) is -0.701. The zero-order valence-electron chi connectivity index (χ0n) is 15.3. The molecule has 4 rings (SSSR count). The lowest BCUT2D eigenvalue weighted by molar-refractivity contribution is -0.119. The van der Waals surface area contributed by atoms with Gasteiger partial charge in [-0.15, -0.1) is 11.3 Å². The molecule has 0 bridgehead atoms. The van der Waals surface area contributed by atoms with E-state index in [9.17, 15) is 14.0 Å². The summed E-state index contributed by atoms with van der Waals surface area (Å²) >= 11 is 1.50. The topological polar surface area (TPSA) is 76.9 Å². The highest BCUT2D eigenvalue weighted by Crippen LogP contribution is 2.29. The molecule has 0 fully saturated rings. The fraction of sp³-hybridized carbons (Fsp3) is 0.300. The molecule has 1 N–H and O–H groups in total. The van der Waals surface area contributed by atoms with Crippen molar-refractivity contribution >= 4 is 22.4 Å². The normalized spacial score (nSPS) is 14.4. The number of nitrogens with zero attached hydrogens (tertiary/aromatic N) is 3. The second-order valence-corrected chi connectivity index (χ2v) is 7.85. The van der Waals surface area contributed by atoms with Crippen LogP contribution in [0.2, 0.25) is 0 Å². The van der Waals surface area contributed by atoms with Crippen molar-refractivity contribution in [3.8, 4) is 11.3 Å². The van der Waals surface area contributed by atoms with E-state index in [0.717, 1.165) is 36.1 Å². The van der Waals surface area contributed by atoms with Crippen molar-refractivity contribution < 1.29 is 9.18 Å². The van der Waals surface area contributed by atoms with E-state index in [1.54, 1.807) is 25.1 Å². The van der Waals surface area contributed by atoms with Gasteiger partial charge in [-0.25, -0.2) is 14.1 Å². The Bertz CT molecular complexity index is 1050. The van der Waals surface area contributed by atoms with Crippen LogP contribution < -0.4 is 10.9 Å². The van der Waals surface area contributed by atoms with Crippen LogP contribution in [-0.4, -0.2) is 20.7 Å². The first kappa shape index (κ1) is 18.5. The van der Waals surface area contributed by atoms with Crippen LogP contribution in [0.25, 0.3) is 11.3 Å². The van der Waals surface area contributed by atoms with E-state index in [4.69, 9.17) is 0 Å². The summed E-state index contributed by atoms with van der Waals surface area (Å²) in [7, 11) is 0. The van der Waals surface area contributed by atoms with Crippen LogP contribution in [0.15, 0.2) is 41.2 Å². The molecule has 28 heavy (non-hydrogen) atoms. The maximum absolute atomic E-state index is 13.1. The maximum atomic E-state index is 13.1. The molecule has 1 unspecified atom stereocenters. The predicted molar refractivity (Wildman–Crippen MR) is 106 cm³/mol. The molecule has 2 aromatic heterocycles. The third kappa shape index (κ3) is 3.73. The maximum Gasteiger partial charge on any atom is 0.267 e. The molecule has 2 heterocycles. The first-order chi connectivity index (χ1) is 13.5. The highest BCUT2D eigenvalue weighted by atomic mass is 32.1. The summed E-state index contributed by atoms with van der Waals surface area (Å²) < 4.78 is 14.3. The van der Waals surface area contributed by atoms with Gasteiger partial charge in [-0.05, 0) is 62.9 Å². The lowest BCUT2D eigenvalue weighted by Crippen LogP contribution is -2.33. The number of rotatable bonds is 4. The van der Waals surface area contributed by atoms with Crippen LogP contribution in [0, 0.1) is 5.82 Å². The molecular formula is C20H19FN4O2S. The number of aromatic nitrogens is 3. The molecule has 1 aliphatic carbocycles. The van der Waals surface area contributed by atoms with E-state index in [1.165, 1.54) is 34.4 Å². The minimum atomic E-state index is -0.811. The lowest BCUT2D eigenvalue weighted by Gasteiger charge is -2.14. The van der Waals surface area contributed by atoms with Gasteiger partial charge < -0.3 is 5.32 Å². The largest absolute Gasteiger partial charge is 0.300 e. The molecular weight excluding hydrogens is 379 g/mol. The van der Waals surface area contributed by atoms with Crippen LogP contribution in [0.1, 0.15) is 36.4 Å². The first-order valence-electron chi connectivity index (χ1n) is 9.16. The minimum absolute atomic E-state index is 0.350. The Hall–Kier alpha value is -2.87. The van der Waals surface area contributed by atoms with Crippen LogP contribution in [0.3, 0.4) is 0 Å². The number of benzene rings is 1. The minimum Gasteiger partial charge on any atom is -0.300 e. The molecule has 1 atom stereocenters. The summed E-state index contributed by atoms with van der Waals surface area (Å²) in [6, 6.07) is 7.92. The number of fused-ring (bicyclic) bond motifs is 1. The Balaban J connectivity index is 1.56. The molecule has 1 aromatic carbocycles. The van der Waals surface area contributed by atoms with Gasteiger partial charge in [-0.2, -0.15) is 5.10 Å². The quantitative estimate of drug-likeness (QED) is 0.729. The van der Waals surface area contributed by atoms with Crippen molar-refractivity contribution in [3.63, 3.8) is 0 Å². The highest BCUT2D eigenvalue weighted by Gasteiger charge is 2.21. The molecule has 0 radical (unpaired) electrons. The lowest BCUT2D eigenvalue weighted by atomic mass is 10.0. The van der Waals surface area contributed by atoms with E-state index in [1.807, 2.05) is 0 Å². The average Bonchev–Trinajstić information content (AvgIpc) is 3.10. The first-order valence-corrected chi connectivity index (χ1v) is 9.98. The van der Waals surface area contributed by atoms with Crippen LogP contribution in [-0.2, 0) is 17.6 Å². The fourth-order valence-corrected chi connectivity index (χ4v) is 4.26. The van der Waals surface area contributed by atoms with Crippen molar-refractivity contribution in [3.05, 3.63) is 63.1 Å². The van der Waals surface area contributed by atoms with E-state index < -0.39 is 6.04 Å². The van der Waals surface area contributed by atoms with Gasteiger partial charge in [0.1, 0.15) is 11.9 Å². The van der Waals surface area contributed by atoms with Crippen molar-refractivity contribution in [2.75, 3.05) is 5.32 Å². The van der Waals surface area contributed by atoms with Crippen molar-refractivity contribution in [1.82, 2.24) is 14.8 Å². The molecule has 1 amide bonds. The number of hydrogen-bond donors (Lipinski definition) is 1. The third-order valence-electron chi connectivity index (χ3n) is 4.79. The van der Waals surface area contributed by atoms with Gasteiger partial charge in [0.2, 0.25) is 0 Å². The number of nitrogens with one attached hydrogen (secondary N) is 1. The van der Waals surface area contributed by atoms with Crippen LogP contribution >= 0.6 is 11.3 Å². The molecule has 0 saturated heterocycles. The van der Waals surface area contributed by atoms with Crippen molar-refractivity contribution in [2.45, 2.75) is 38.6 Å². The van der Waals surface area contributed by atoms with Crippen molar-refractivity contribution in [2.24, 2.45) is 0 Å². The summed E-state index contributed by atoms with van der Waals surface area (Å²) in [4.78, 5) is 30.7. The summed E-state index contributed by atoms with van der Waals surface area (Å²) in [6.45, 7) is 1.62. The Morgan fingerprint density at radius 2 is 1.93 bits per heavy atom. The van der Waals surface area contributed by atoms with Gasteiger partial charge in [0, 0.05) is 16.5 Å². The zero-order valence-corrected chi connectivity index (χ0v) is 16.1. The van der Waals surface area contributed by atoms with Gasteiger partial charge in [0.25, 0.3) is 11.5 Å². The third-order valence-corrected chi connectivity index (χ3v) is 5.86. The standard InChI is InChI=1S/C20H19FN4O2S/c1-12(19(27)23-20-22-16-4-2-3-5-17(16)28-20)25-18(26)11-10-15(24-25)13-6-8-14(21)9-7-13/h6-12H,2-5H2,1H3,(H,22,23,27). The van der Waals surface area contributed by atoms with Gasteiger partial charge in [-0.3, -0.25) is 9.59 Å². The van der Waals surface area contributed by atoms with Crippen LogP contribution in [0.4, 0.5) is 9.52 Å². The predicted octanol–water partition coefficient (Wildman–Crippen LogP) is 3.58. The van der Waals surface area contributed by atoms with E-state index >= 15 is 0 Å². The summed E-state index contributed by atoms with van der Waals surface area (Å²) in [5, 5.41) is 7.68. The monoisotopic (exact) mass is 398 g/mol. The molecule has 0 aliphatic heterocycles. The zero-order chi connectivity index (χ0) is 19.7. The molecule has 8 heteroatoms. The molecule has 144 valence electrons. The van der Waals surface area contributed by atoms with Gasteiger partial charge in [0.15, 0.2) is 5.13 Å². The van der Waals surface area contributed by atoms with Gasteiger partial charge >= 0.3 is 0 Å². The average molecular weight is 398 g/mol. The number of hydrogen-bond acceptors (Lipinski definition) is 5. The second-order valence-electron chi connectivity index (χ2n) is 6.77. The Kier molecular flexibility index (Phi) is 5.04. The number of carbonyl (C=O) groups is 1. The number of amides is 1. The number of aryl methyl sites for hydroxylation is 2. The molecule has 3 aromatic rings. The SMILES string of the molecule is CC(C(=O)Nc1nc2c(s1)CCCC2)n1nc(-c2ccc(F)cc2)ccc1=O. The van der Waals surface area contributed by atoms with Crippen LogP contribution in [0.5, 0.6) is 0 Å². The van der Waals surface area contributed by atoms with E-state index in [2.05, 4.69) is 15.4 Å². The highest BCUT2D eigenvalue weighted by molar-refractivity contribution is 7.15. The summed E-state index contributed by atoms with van der Waals surface area (Å²) in [6.07, 6.45) is 4.21. The second kappa shape index (κ2) is 7.63. The van der Waals surface area contributed by atoms with Gasteiger partial charge in [-0.1, -0.05) is 0 Å². The number of halogens is 1. The smallest absolute Gasteiger partial charge is 0.267 e. The Labute approximate surface area is 165 Å². The van der Waals surface area contributed by atoms with Crippen molar-refractivity contribution in [1.29, 1.82) is 0 Å². The number of thiazole rings is 1. The molecule has 0 saturated carbocycles. The molecule has 1 aliphatic rings. The van der Waals surface area contributed by atoms with Gasteiger partial charge in [0.05, 0.1) is 11.4 Å². The fourth-order valence-electron chi connectivity index (χ4n) is 3.20.